The first-order valence-corrected chi connectivity index (χ1v) is 7.90. The van der Waals surface area contributed by atoms with Crippen LogP contribution in [0.2, 0.25) is 0 Å². The molecule has 1 saturated heterocycles. The standard InChI is InChI=1S/C19H19N3O2/c1-3-19(2)17(23)22(18(24)21-19)20-13-14-9-11-16(12-10-14)15-7-5-4-6-8-15/h4-13H,3H2,1-2H3,(H,21,24). The molecule has 1 atom stereocenters. The molecule has 5 nitrogen and oxygen atoms in total. The third-order valence-corrected chi connectivity index (χ3v) is 4.29. The Labute approximate surface area is 141 Å². The molecule has 1 fully saturated rings. The lowest BCUT2D eigenvalue weighted by Gasteiger charge is -2.17. The quantitative estimate of drug-likeness (QED) is 0.693. The highest BCUT2D eigenvalue weighted by Gasteiger charge is 2.46. The SMILES string of the molecule is CCC1(C)NC(=O)N(N=Cc2ccc(-c3ccccc3)cc2)C1=O. The van der Waals surface area contributed by atoms with Crippen LogP contribution >= 0.6 is 0 Å². The summed E-state index contributed by atoms with van der Waals surface area (Å²) in [5, 5.41) is 7.62. The number of rotatable bonds is 4. The number of urea groups is 1. The number of nitrogens with one attached hydrogen (secondary N) is 1. The molecule has 2 aromatic rings. The minimum absolute atomic E-state index is 0.327. The Bertz CT molecular complexity index is 784. The molecule has 5 heteroatoms. The molecule has 24 heavy (non-hydrogen) atoms. The number of imide groups is 1. The van der Waals surface area contributed by atoms with Crippen molar-refractivity contribution in [3.05, 3.63) is 60.2 Å². The number of hydrogen-bond acceptors (Lipinski definition) is 3. The largest absolute Gasteiger partial charge is 0.346 e. The summed E-state index contributed by atoms with van der Waals surface area (Å²) in [6.45, 7) is 3.56. The fraction of sp³-hybridized carbons (Fsp3) is 0.211. The zero-order valence-electron chi connectivity index (χ0n) is 13.7. The smallest absolute Gasteiger partial charge is 0.322 e. The van der Waals surface area contributed by atoms with Gasteiger partial charge in [-0.25, -0.2) is 4.79 Å². The van der Waals surface area contributed by atoms with E-state index >= 15 is 0 Å². The summed E-state index contributed by atoms with van der Waals surface area (Å²) in [6.07, 6.45) is 2.04. The van der Waals surface area contributed by atoms with Crippen LogP contribution in [0, 0.1) is 0 Å². The third kappa shape index (κ3) is 2.93. The van der Waals surface area contributed by atoms with Crippen LogP contribution in [0.4, 0.5) is 4.79 Å². The summed E-state index contributed by atoms with van der Waals surface area (Å²) in [7, 11) is 0. The second kappa shape index (κ2) is 6.28. The van der Waals surface area contributed by atoms with Crippen molar-refractivity contribution in [3.63, 3.8) is 0 Å². The van der Waals surface area contributed by atoms with Gasteiger partial charge in [-0.3, -0.25) is 4.79 Å². The van der Waals surface area contributed by atoms with E-state index in [9.17, 15) is 9.59 Å². The number of hydrogen-bond donors (Lipinski definition) is 1. The average Bonchev–Trinajstić information content (AvgIpc) is 2.84. The highest BCUT2D eigenvalue weighted by Crippen LogP contribution is 2.21. The van der Waals surface area contributed by atoms with Gasteiger partial charge < -0.3 is 5.32 Å². The van der Waals surface area contributed by atoms with Gasteiger partial charge >= 0.3 is 6.03 Å². The van der Waals surface area contributed by atoms with Crippen LogP contribution in [0.1, 0.15) is 25.8 Å². The molecule has 3 rings (SSSR count). The Kier molecular flexibility index (Phi) is 4.16. The van der Waals surface area contributed by atoms with Crippen LogP contribution in [0.5, 0.6) is 0 Å². The van der Waals surface area contributed by atoms with Crippen molar-refractivity contribution in [2.45, 2.75) is 25.8 Å². The van der Waals surface area contributed by atoms with Crippen LogP contribution in [0.15, 0.2) is 59.7 Å². The molecule has 3 amide bonds. The lowest BCUT2D eigenvalue weighted by Crippen LogP contribution is -2.42. The van der Waals surface area contributed by atoms with E-state index < -0.39 is 11.6 Å². The molecule has 0 aliphatic carbocycles. The third-order valence-electron chi connectivity index (χ3n) is 4.29. The van der Waals surface area contributed by atoms with E-state index in [1.807, 2.05) is 61.5 Å². The number of hydrazone groups is 1. The topological polar surface area (TPSA) is 61.8 Å². The maximum Gasteiger partial charge on any atom is 0.346 e. The fourth-order valence-electron chi connectivity index (χ4n) is 2.53. The number of carbonyl (C=O) groups excluding carboxylic acids is 2. The Morgan fingerprint density at radius 3 is 2.25 bits per heavy atom. The molecule has 0 radical (unpaired) electrons. The van der Waals surface area contributed by atoms with Crippen LogP contribution < -0.4 is 5.32 Å². The second-order valence-electron chi connectivity index (χ2n) is 5.97. The lowest BCUT2D eigenvalue weighted by atomic mass is 10.00. The molecule has 0 spiro atoms. The van der Waals surface area contributed by atoms with Crippen molar-refractivity contribution in [3.8, 4) is 11.1 Å². The van der Waals surface area contributed by atoms with Crippen molar-refractivity contribution in [2.24, 2.45) is 5.10 Å². The first-order valence-electron chi connectivity index (χ1n) is 7.90. The highest BCUT2D eigenvalue weighted by atomic mass is 16.2. The molecular formula is C19H19N3O2. The summed E-state index contributed by atoms with van der Waals surface area (Å²) < 4.78 is 0. The van der Waals surface area contributed by atoms with E-state index in [0.717, 1.165) is 21.7 Å². The summed E-state index contributed by atoms with van der Waals surface area (Å²) >= 11 is 0. The Morgan fingerprint density at radius 2 is 1.67 bits per heavy atom. The second-order valence-corrected chi connectivity index (χ2v) is 5.97. The Morgan fingerprint density at radius 1 is 1.04 bits per heavy atom. The molecule has 1 N–H and O–H groups in total. The van der Waals surface area contributed by atoms with E-state index in [1.165, 1.54) is 6.21 Å². The molecule has 0 bridgehead atoms. The predicted octanol–water partition coefficient (Wildman–Crippen LogP) is 3.41. The molecular weight excluding hydrogens is 302 g/mol. The molecule has 1 heterocycles. The molecule has 1 aliphatic rings. The van der Waals surface area contributed by atoms with Gasteiger partial charge in [-0.05, 0) is 30.0 Å². The number of amides is 3. The molecule has 0 aromatic heterocycles. The maximum atomic E-state index is 12.3. The molecule has 0 saturated carbocycles. The van der Waals surface area contributed by atoms with E-state index in [-0.39, 0.29) is 5.91 Å². The van der Waals surface area contributed by atoms with E-state index in [0.29, 0.717) is 6.42 Å². The van der Waals surface area contributed by atoms with Crippen molar-refractivity contribution in [2.75, 3.05) is 0 Å². The van der Waals surface area contributed by atoms with E-state index in [1.54, 1.807) is 6.92 Å². The minimum Gasteiger partial charge on any atom is -0.322 e. The first kappa shape index (κ1) is 15.9. The summed E-state index contributed by atoms with van der Waals surface area (Å²) in [4.78, 5) is 24.2. The average molecular weight is 321 g/mol. The Hall–Kier alpha value is -2.95. The molecule has 1 unspecified atom stereocenters. The van der Waals surface area contributed by atoms with E-state index in [2.05, 4.69) is 10.4 Å². The Balaban J connectivity index is 1.76. The van der Waals surface area contributed by atoms with Crippen LogP contribution in [-0.4, -0.2) is 28.7 Å². The van der Waals surface area contributed by atoms with Crippen LogP contribution in [0.25, 0.3) is 11.1 Å². The van der Waals surface area contributed by atoms with Gasteiger partial charge in [0, 0.05) is 0 Å². The van der Waals surface area contributed by atoms with Crippen LogP contribution in [-0.2, 0) is 4.79 Å². The number of benzene rings is 2. The van der Waals surface area contributed by atoms with Gasteiger partial charge in [0.2, 0.25) is 0 Å². The van der Waals surface area contributed by atoms with Gasteiger partial charge in [-0.1, -0.05) is 61.5 Å². The molecule has 122 valence electrons. The van der Waals surface area contributed by atoms with Gasteiger partial charge in [0.05, 0.1) is 6.21 Å². The molecule has 2 aromatic carbocycles. The van der Waals surface area contributed by atoms with Crippen molar-refractivity contribution in [1.29, 1.82) is 0 Å². The van der Waals surface area contributed by atoms with Gasteiger partial charge in [0.15, 0.2) is 0 Å². The van der Waals surface area contributed by atoms with Crippen molar-refractivity contribution in [1.82, 2.24) is 10.3 Å². The van der Waals surface area contributed by atoms with Gasteiger partial charge in [0.1, 0.15) is 5.54 Å². The van der Waals surface area contributed by atoms with Crippen molar-refractivity contribution < 1.29 is 9.59 Å². The predicted molar refractivity (Wildman–Crippen MR) is 93.5 cm³/mol. The van der Waals surface area contributed by atoms with Crippen molar-refractivity contribution >= 4 is 18.2 Å². The van der Waals surface area contributed by atoms with E-state index in [4.69, 9.17) is 0 Å². The number of nitrogens with zero attached hydrogens (tertiary/aromatic N) is 2. The zero-order chi connectivity index (χ0) is 17.2. The monoisotopic (exact) mass is 321 g/mol. The summed E-state index contributed by atoms with van der Waals surface area (Å²) in [5.41, 5.74) is 2.18. The minimum atomic E-state index is -0.869. The fourth-order valence-corrected chi connectivity index (χ4v) is 2.53. The van der Waals surface area contributed by atoms with Gasteiger partial charge in [0.25, 0.3) is 5.91 Å². The van der Waals surface area contributed by atoms with Crippen LogP contribution in [0.3, 0.4) is 0 Å². The zero-order valence-corrected chi connectivity index (χ0v) is 13.7. The maximum absolute atomic E-state index is 12.3. The summed E-state index contributed by atoms with van der Waals surface area (Å²) in [6, 6.07) is 17.3. The lowest BCUT2D eigenvalue weighted by molar-refractivity contribution is -0.130. The first-order chi connectivity index (χ1) is 11.5. The summed E-state index contributed by atoms with van der Waals surface area (Å²) in [5.74, 6) is -0.327. The highest BCUT2D eigenvalue weighted by molar-refractivity contribution is 6.07. The number of carbonyl (C=O) groups is 2. The normalized spacial score (nSPS) is 20.7. The van der Waals surface area contributed by atoms with Gasteiger partial charge in [-0.2, -0.15) is 5.10 Å². The van der Waals surface area contributed by atoms with Gasteiger partial charge in [-0.15, -0.1) is 5.01 Å². The molecule has 1 aliphatic heterocycles.